The number of Topliss-reactive ketones (excluding diaryl/α,β-unsaturated/α-hetero) is 1. The first kappa shape index (κ1) is 37.3. The fourth-order valence-corrected chi connectivity index (χ4v) is 4.43. The predicted octanol–water partition coefficient (Wildman–Crippen LogP) is 3.33. The lowest BCUT2D eigenvalue weighted by atomic mass is 10.0. The first-order valence-corrected chi connectivity index (χ1v) is 14.4. The number of hydrogen-bond donors (Lipinski definition) is 4. The Morgan fingerprint density at radius 3 is 2.15 bits per heavy atom. The zero-order valence-corrected chi connectivity index (χ0v) is 26.0. The number of hydrogen-bond acceptors (Lipinski definition) is 7. The van der Waals surface area contributed by atoms with Crippen molar-refractivity contribution < 1.29 is 50.7 Å². The first-order chi connectivity index (χ1) is 22.5. The molecule has 0 aliphatic rings. The van der Waals surface area contributed by atoms with Crippen molar-refractivity contribution in [1.82, 2.24) is 26.3 Å². The number of halogens is 6. The number of alkyl halides is 5. The Hall–Kier alpha value is -5.12. The highest BCUT2D eigenvalue weighted by Gasteiger charge is 2.50. The van der Waals surface area contributed by atoms with Crippen molar-refractivity contribution in [3.63, 3.8) is 0 Å². The van der Waals surface area contributed by atoms with E-state index in [9.17, 15) is 45.9 Å². The molecule has 1 aromatic heterocycles. The van der Waals surface area contributed by atoms with Crippen LogP contribution in [-0.2, 0) is 25.6 Å². The fraction of sp³-hybridized carbons (Fsp3) is 0.290. The van der Waals surface area contributed by atoms with Gasteiger partial charge in [0.2, 0.25) is 17.6 Å². The lowest BCUT2D eigenvalue weighted by Gasteiger charge is -2.26. The monoisotopic (exact) mass is 697 g/mol. The van der Waals surface area contributed by atoms with Gasteiger partial charge in [-0.25, -0.2) is 0 Å². The molecule has 3 aromatic rings. The summed E-state index contributed by atoms with van der Waals surface area (Å²) in [6, 6.07) is 11.3. The number of ether oxygens (including phenoxy) is 1. The third-order valence-corrected chi connectivity index (χ3v) is 6.88. The van der Waals surface area contributed by atoms with Gasteiger partial charge in [-0.15, -0.1) is 0 Å². The predicted molar refractivity (Wildman–Crippen MR) is 161 cm³/mol. The van der Waals surface area contributed by atoms with E-state index >= 15 is 0 Å². The molecule has 48 heavy (non-hydrogen) atoms. The number of aromatic nitrogens is 1. The Labute approximate surface area is 275 Å². The van der Waals surface area contributed by atoms with Gasteiger partial charge in [-0.1, -0.05) is 41.9 Å². The number of methoxy groups -OCH3 is 1. The molecule has 0 aliphatic heterocycles. The summed E-state index contributed by atoms with van der Waals surface area (Å²) in [6.45, 7) is -1.33. The number of nitrogens with one attached hydrogen (secondary N) is 4. The second-order valence-corrected chi connectivity index (χ2v) is 10.7. The number of pyridine rings is 1. The largest absolute Gasteiger partial charge is 0.497 e. The molecule has 0 fully saturated rings. The molecule has 17 heteroatoms. The van der Waals surface area contributed by atoms with E-state index in [4.69, 9.17) is 16.3 Å². The van der Waals surface area contributed by atoms with E-state index in [-0.39, 0.29) is 17.7 Å². The molecule has 4 N–H and O–H groups in total. The Kier molecular flexibility index (Phi) is 12.5. The molecule has 4 amide bonds. The smallest absolute Gasteiger partial charge is 0.405 e. The summed E-state index contributed by atoms with van der Waals surface area (Å²) in [7, 11) is 1.37. The molecular weight excluding hydrogens is 669 g/mol. The number of rotatable bonds is 14. The van der Waals surface area contributed by atoms with Gasteiger partial charge in [0.05, 0.1) is 13.2 Å². The van der Waals surface area contributed by atoms with Crippen molar-refractivity contribution in [2.75, 3.05) is 13.7 Å². The van der Waals surface area contributed by atoms with Crippen LogP contribution in [0, 0.1) is 0 Å². The van der Waals surface area contributed by atoms with Crippen molar-refractivity contribution >= 4 is 41.0 Å². The van der Waals surface area contributed by atoms with Crippen LogP contribution < -0.4 is 26.0 Å². The van der Waals surface area contributed by atoms with Crippen molar-refractivity contribution in [2.45, 2.75) is 43.6 Å². The molecule has 0 bridgehead atoms. The Morgan fingerprint density at radius 2 is 1.56 bits per heavy atom. The zero-order chi connectivity index (χ0) is 35.6. The van der Waals surface area contributed by atoms with Gasteiger partial charge in [0, 0.05) is 17.6 Å². The van der Waals surface area contributed by atoms with Gasteiger partial charge < -0.3 is 26.0 Å². The SMILES string of the molecule is COc1ccc([C@H](NC(=O)[C@H](Cc2cccc(Cl)c2)NC(=O)c2ccccn2)C(=O)N[C@@H](C)C(=O)C(F)(F)C(=O)NCC(F)(F)F)cc1. The molecular formula is C31H29ClF5N5O6. The summed E-state index contributed by atoms with van der Waals surface area (Å²) < 4.78 is 71.3. The van der Waals surface area contributed by atoms with Gasteiger partial charge in [-0.2, -0.15) is 22.0 Å². The molecule has 3 rings (SSSR count). The Bertz CT molecular complexity index is 1630. The number of amides is 4. The maximum Gasteiger partial charge on any atom is 0.405 e. The average molecular weight is 698 g/mol. The molecule has 0 spiro atoms. The van der Waals surface area contributed by atoms with Crippen LogP contribution >= 0.6 is 11.6 Å². The number of carbonyl (C=O) groups is 5. The van der Waals surface area contributed by atoms with E-state index in [0.717, 1.165) is 12.2 Å². The lowest BCUT2D eigenvalue weighted by molar-refractivity contribution is -0.165. The molecule has 3 atom stereocenters. The van der Waals surface area contributed by atoms with E-state index in [1.807, 2.05) is 5.32 Å². The van der Waals surface area contributed by atoms with E-state index < -0.39 is 66.2 Å². The van der Waals surface area contributed by atoms with E-state index in [0.29, 0.717) is 16.3 Å². The van der Waals surface area contributed by atoms with Crippen LogP contribution in [-0.4, -0.2) is 72.2 Å². The van der Waals surface area contributed by atoms with E-state index in [1.165, 1.54) is 43.6 Å². The number of carbonyl (C=O) groups excluding carboxylic acids is 5. The molecule has 0 aliphatic carbocycles. The minimum Gasteiger partial charge on any atom is -0.497 e. The van der Waals surface area contributed by atoms with Crippen molar-refractivity contribution in [2.24, 2.45) is 0 Å². The van der Waals surface area contributed by atoms with Gasteiger partial charge in [-0.05, 0) is 54.4 Å². The van der Waals surface area contributed by atoms with Crippen molar-refractivity contribution in [3.05, 3.63) is 94.8 Å². The standard InChI is InChI=1S/C31H29ClF5N5O6/c1-17(25(43)31(36,37)29(47)39-16-30(33,34)35)40-28(46)24(19-9-11-21(48-2)12-10-19)42-27(45)23(15-18-6-5-7-20(32)14-18)41-26(44)22-8-3-4-13-38-22/h3-14,17,23-24H,15-16H2,1-2H3,(H,39,47)(H,40,46)(H,41,44)(H,42,45)/t17-,23-,24-/m0/s1. The minimum absolute atomic E-state index is 0.0293. The van der Waals surface area contributed by atoms with Crippen molar-refractivity contribution in [3.8, 4) is 5.75 Å². The highest BCUT2D eigenvalue weighted by atomic mass is 35.5. The van der Waals surface area contributed by atoms with Crippen LogP contribution in [0.3, 0.4) is 0 Å². The maximum absolute atomic E-state index is 14.5. The quantitative estimate of drug-likeness (QED) is 0.149. The Morgan fingerprint density at radius 1 is 0.875 bits per heavy atom. The van der Waals surface area contributed by atoms with Crippen molar-refractivity contribution in [1.29, 1.82) is 0 Å². The topological polar surface area (TPSA) is 156 Å². The van der Waals surface area contributed by atoms with Crippen LogP contribution in [0.2, 0.25) is 5.02 Å². The third kappa shape index (κ3) is 10.4. The number of ketones is 1. The summed E-state index contributed by atoms with van der Waals surface area (Å²) in [4.78, 5) is 68.3. The third-order valence-electron chi connectivity index (χ3n) is 6.64. The summed E-state index contributed by atoms with van der Waals surface area (Å²) in [5, 5.41) is 8.23. The van der Waals surface area contributed by atoms with E-state index in [1.54, 1.807) is 36.4 Å². The van der Waals surface area contributed by atoms with Crippen LogP contribution in [0.4, 0.5) is 22.0 Å². The van der Waals surface area contributed by atoms with Gasteiger partial charge in [0.25, 0.3) is 11.8 Å². The summed E-state index contributed by atoms with van der Waals surface area (Å²) >= 11 is 6.09. The number of nitrogens with zero attached hydrogens (tertiary/aromatic N) is 1. The second-order valence-electron chi connectivity index (χ2n) is 10.3. The normalized spacial score (nSPS) is 13.3. The van der Waals surface area contributed by atoms with Crippen LogP contribution in [0.5, 0.6) is 5.75 Å². The second kappa shape index (κ2) is 16.1. The molecule has 0 radical (unpaired) electrons. The average Bonchev–Trinajstić information content (AvgIpc) is 3.05. The van der Waals surface area contributed by atoms with Gasteiger partial charge in [-0.3, -0.25) is 29.0 Å². The molecule has 0 saturated heterocycles. The first-order valence-electron chi connectivity index (χ1n) is 14.0. The molecule has 2 aromatic carbocycles. The molecule has 1 heterocycles. The highest BCUT2D eigenvalue weighted by Crippen LogP contribution is 2.22. The van der Waals surface area contributed by atoms with Crippen LogP contribution in [0.25, 0.3) is 0 Å². The maximum atomic E-state index is 14.5. The van der Waals surface area contributed by atoms with Gasteiger partial charge in [0.1, 0.15) is 30.1 Å². The zero-order valence-electron chi connectivity index (χ0n) is 25.2. The molecule has 0 unspecified atom stereocenters. The molecule has 0 saturated carbocycles. The summed E-state index contributed by atoms with van der Waals surface area (Å²) in [5.41, 5.74) is 0.562. The van der Waals surface area contributed by atoms with Gasteiger partial charge in [0.15, 0.2) is 0 Å². The summed E-state index contributed by atoms with van der Waals surface area (Å²) in [5.74, 6) is -12.2. The van der Waals surface area contributed by atoms with Crippen LogP contribution in [0.1, 0.15) is 34.6 Å². The number of benzene rings is 2. The molecule has 11 nitrogen and oxygen atoms in total. The van der Waals surface area contributed by atoms with E-state index in [2.05, 4.69) is 15.6 Å². The summed E-state index contributed by atoms with van der Waals surface area (Å²) in [6.07, 6.45) is -3.80. The lowest BCUT2D eigenvalue weighted by Crippen LogP contribution is -2.56. The Balaban J connectivity index is 1.89. The highest BCUT2D eigenvalue weighted by molar-refractivity contribution is 6.30. The van der Waals surface area contributed by atoms with Gasteiger partial charge >= 0.3 is 12.1 Å². The fourth-order valence-electron chi connectivity index (χ4n) is 4.22. The molecule has 256 valence electrons. The minimum atomic E-state index is -5.03. The van der Waals surface area contributed by atoms with Crippen LogP contribution in [0.15, 0.2) is 72.9 Å².